The molecule has 0 aliphatic carbocycles. The van der Waals surface area contributed by atoms with E-state index in [1.807, 2.05) is 30.3 Å². The number of anilines is 1. The molecule has 23 heavy (non-hydrogen) atoms. The van der Waals surface area contributed by atoms with Gasteiger partial charge in [-0.05, 0) is 13.0 Å². The van der Waals surface area contributed by atoms with E-state index in [2.05, 4.69) is 10.3 Å². The highest BCUT2D eigenvalue weighted by Gasteiger charge is 2.26. The zero-order valence-corrected chi connectivity index (χ0v) is 13.1. The molecule has 0 radical (unpaired) electrons. The molecule has 2 aromatic rings. The number of aryl methyl sites for hydroxylation is 1. The molecule has 7 nitrogen and oxygen atoms in total. The Hall–Kier alpha value is -3.14. The maximum Gasteiger partial charge on any atom is 0.315 e. The van der Waals surface area contributed by atoms with E-state index in [0.29, 0.717) is 23.6 Å². The molecule has 0 spiro atoms. The van der Waals surface area contributed by atoms with Gasteiger partial charge in [0, 0.05) is 12.5 Å². The molecule has 7 heteroatoms. The smallest absolute Gasteiger partial charge is 0.315 e. The van der Waals surface area contributed by atoms with Crippen LogP contribution in [0.5, 0.6) is 5.75 Å². The van der Waals surface area contributed by atoms with Crippen LogP contribution in [0.1, 0.15) is 22.4 Å². The van der Waals surface area contributed by atoms with Gasteiger partial charge in [-0.15, -0.1) is 0 Å². The third kappa shape index (κ3) is 3.21. The Morgan fingerprint density at radius 2 is 2.09 bits per heavy atom. The number of H-pyrrole nitrogens is 1. The molecule has 1 heterocycles. The molecule has 2 N–H and O–H groups in total. The molecule has 0 bridgehead atoms. The third-order valence-corrected chi connectivity index (χ3v) is 3.59. The molecule has 0 saturated heterocycles. The molecule has 1 aromatic heterocycles. The van der Waals surface area contributed by atoms with Crippen LogP contribution in [0.3, 0.4) is 0 Å². The summed E-state index contributed by atoms with van der Waals surface area (Å²) in [4.78, 5) is 13.6. The number of nitrogens with one attached hydrogen (secondary N) is 2. The van der Waals surface area contributed by atoms with Crippen LogP contribution < -0.4 is 15.0 Å². The van der Waals surface area contributed by atoms with Crippen molar-refractivity contribution in [3.63, 3.8) is 0 Å². The van der Waals surface area contributed by atoms with E-state index in [0.717, 1.165) is 11.3 Å². The minimum atomic E-state index is -0.480. The second-order valence-electron chi connectivity index (χ2n) is 5.01. The number of pyridine rings is 1. The maximum absolute atomic E-state index is 11.1. The lowest BCUT2D eigenvalue weighted by molar-refractivity contribution is -0.419. The van der Waals surface area contributed by atoms with Crippen LogP contribution >= 0.6 is 0 Å². The Labute approximate surface area is 133 Å². The number of aromatic amines is 1. The van der Waals surface area contributed by atoms with E-state index in [4.69, 9.17) is 4.74 Å². The van der Waals surface area contributed by atoms with Crippen LogP contribution in [0, 0.1) is 35.3 Å². The van der Waals surface area contributed by atoms with Gasteiger partial charge in [0.05, 0.1) is 17.6 Å². The molecule has 0 amide bonds. The highest BCUT2D eigenvalue weighted by molar-refractivity contribution is 5.60. The third-order valence-electron chi connectivity index (χ3n) is 3.59. The van der Waals surface area contributed by atoms with E-state index in [9.17, 15) is 15.4 Å². The molecule has 0 unspecified atom stereocenters. The van der Waals surface area contributed by atoms with Crippen molar-refractivity contribution in [2.45, 2.75) is 20.4 Å². The van der Waals surface area contributed by atoms with Crippen molar-refractivity contribution < 1.29 is 14.6 Å². The van der Waals surface area contributed by atoms with Gasteiger partial charge >= 0.3 is 5.69 Å². The lowest BCUT2D eigenvalue weighted by Crippen LogP contribution is -2.21. The van der Waals surface area contributed by atoms with E-state index in [1.54, 1.807) is 21.0 Å². The number of hydrogen-bond donors (Lipinski definition) is 1. The number of para-hydroxylation sites is 1. The lowest BCUT2D eigenvalue weighted by Gasteiger charge is -2.08. The predicted molar refractivity (Wildman–Crippen MR) is 84.2 cm³/mol. The van der Waals surface area contributed by atoms with Gasteiger partial charge in [0.15, 0.2) is 11.3 Å². The Morgan fingerprint density at radius 1 is 1.39 bits per heavy atom. The van der Waals surface area contributed by atoms with Crippen molar-refractivity contribution in [2.75, 3.05) is 12.4 Å². The van der Waals surface area contributed by atoms with Gasteiger partial charge in [-0.3, -0.25) is 15.4 Å². The minimum absolute atomic E-state index is 0.0654. The largest absolute Gasteiger partial charge is 0.496 e. The molecule has 0 aliphatic rings. The SMILES string of the molecule is COc1ccccc1CNc1[nH+]c(C)c([N+](=O)[O-])c(C)c1C#N. The normalized spacial score (nSPS) is 10.0. The predicted octanol–water partition coefficient (Wildman–Crippen LogP) is 2.52. The van der Waals surface area contributed by atoms with Crippen molar-refractivity contribution in [3.8, 4) is 11.8 Å². The first-order valence-electron chi connectivity index (χ1n) is 6.96. The molecular weight excluding hydrogens is 296 g/mol. The fraction of sp³-hybridized carbons (Fsp3) is 0.250. The zero-order chi connectivity index (χ0) is 17.0. The van der Waals surface area contributed by atoms with Crippen molar-refractivity contribution in [2.24, 2.45) is 0 Å². The summed E-state index contributed by atoms with van der Waals surface area (Å²) in [5.41, 5.74) is 1.83. The number of hydrogen-bond acceptors (Lipinski definition) is 5. The van der Waals surface area contributed by atoms with Gasteiger partial charge in [0.2, 0.25) is 0 Å². The zero-order valence-electron chi connectivity index (χ0n) is 13.1. The number of methoxy groups -OCH3 is 1. The number of nitrogens with zero attached hydrogens (tertiary/aromatic N) is 2. The van der Waals surface area contributed by atoms with Crippen LogP contribution in [-0.2, 0) is 6.54 Å². The van der Waals surface area contributed by atoms with E-state index >= 15 is 0 Å². The number of nitriles is 1. The van der Waals surface area contributed by atoms with Crippen LogP contribution in [0.15, 0.2) is 24.3 Å². The van der Waals surface area contributed by atoms with Crippen LogP contribution in [-0.4, -0.2) is 12.0 Å². The average Bonchev–Trinajstić information content (AvgIpc) is 2.52. The Morgan fingerprint density at radius 3 is 2.70 bits per heavy atom. The van der Waals surface area contributed by atoms with Crippen LogP contribution in [0.4, 0.5) is 11.5 Å². The molecule has 0 aliphatic heterocycles. The summed E-state index contributed by atoms with van der Waals surface area (Å²) in [7, 11) is 1.59. The summed E-state index contributed by atoms with van der Waals surface area (Å²) in [6.45, 7) is 3.61. The molecule has 2 rings (SSSR count). The highest BCUT2D eigenvalue weighted by Crippen LogP contribution is 2.27. The van der Waals surface area contributed by atoms with Gasteiger partial charge in [-0.1, -0.05) is 18.2 Å². The number of nitro groups is 1. The Kier molecular flexibility index (Phi) is 4.76. The van der Waals surface area contributed by atoms with Crippen molar-refractivity contribution in [3.05, 3.63) is 56.8 Å². The summed E-state index contributed by atoms with van der Waals surface area (Å²) in [5, 5.41) is 23.6. The van der Waals surface area contributed by atoms with E-state index in [1.165, 1.54) is 0 Å². The number of rotatable bonds is 5. The van der Waals surface area contributed by atoms with E-state index < -0.39 is 4.92 Å². The topological polar surface area (TPSA) is 102 Å². The summed E-state index contributed by atoms with van der Waals surface area (Å²) in [6.07, 6.45) is 0. The second kappa shape index (κ2) is 6.75. The fourth-order valence-corrected chi connectivity index (χ4v) is 2.48. The van der Waals surface area contributed by atoms with Crippen molar-refractivity contribution in [1.82, 2.24) is 0 Å². The molecule has 1 aromatic carbocycles. The number of aromatic nitrogens is 1. The van der Waals surface area contributed by atoms with Gasteiger partial charge < -0.3 is 4.74 Å². The van der Waals surface area contributed by atoms with Crippen LogP contribution in [0.25, 0.3) is 0 Å². The molecule has 0 atom stereocenters. The minimum Gasteiger partial charge on any atom is -0.496 e. The first-order chi connectivity index (χ1) is 11.0. The van der Waals surface area contributed by atoms with E-state index in [-0.39, 0.29) is 11.3 Å². The van der Waals surface area contributed by atoms with Crippen molar-refractivity contribution in [1.29, 1.82) is 5.26 Å². The van der Waals surface area contributed by atoms with Gasteiger partial charge in [0.1, 0.15) is 18.4 Å². The number of ether oxygens (including phenoxy) is 1. The monoisotopic (exact) mass is 313 g/mol. The Balaban J connectivity index is 2.38. The van der Waals surface area contributed by atoms with Gasteiger partial charge in [-0.2, -0.15) is 5.26 Å². The summed E-state index contributed by atoms with van der Waals surface area (Å²) in [5.74, 6) is 1.19. The molecule has 0 saturated carbocycles. The Bertz CT molecular complexity index is 797. The first kappa shape index (κ1) is 16.2. The highest BCUT2D eigenvalue weighted by atomic mass is 16.6. The summed E-state index contributed by atoms with van der Waals surface area (Å²) < 4.78 is 5.28. The van der Waals surface area contributed by atoms with Gasteiger partial charge in [-0.25, -0.2) is 4.98 Å². The maximum atomic E-state index is 11.1. The quantitative estimate of drug-likeness (QED) is 0.675. The van der Waals surface area contributed by atoms with Crippen LogP contribution in [0.2, 0.25) is 0 Å². The first-order valence-corrected chi connectivity index (χ1v) is 6.96. The summed E-state index contributed by atoms with van der Waals surface area (Å²) in [6, 6.07) is 9.53. The molecule has 0 fully saturated rings. The standard InChI is InChI=1S/C16H16N4O3/c1-10-13(8-17)16(19-11(2)15(10)20(21)22)18-9-12-6-4-5-7-14(12)23-3/h4-7H,9H2,1-3H3,(H,18,19)/p+1. The average molecular weight is 313 g/mol. The lowest BCUT2D eigenvalue weighted by atomic mass is 10.1. The van der Waals surface area contributed by atoms with Crippen molar-refractivity contribution >= 4 is 11.5 Å². The van der Waals surface area contributed by atoms with Gasteiger partial charge in [0.25, 0.3) is 5.82 Å². The molecule has 118 valence electrons. The summed E-state index contributed by atoms with van der Waals surface area (Å²) >= 11 is 0. The number of benzene rings is 1. The molecular formula is C16H17N4O3+. The fourth-order valence-electron chi connectivity index (χ4n) is 2.48. The second-order valence-corrected chi connectivity index (χ2v) is 5.01.